The van der Waals surface area contributed by atoms with Crippen molar-refractivity contribution in [1.82, 2.24) is 4.90 Å². The lowest BCUT2D eigenvalue weighted by molar-refractivity contribution is -0.0187. The van der Waals surface area contributed by atoms with Gasteiger partial charge in [-0.1, -0.05) is 60.8 Å². The zero-order valence-corrected chi connectivity index (χ0v) is 17.9. The summed E-state index contributed by atoms with van der Waals surface area (Å²) in [6, 6.07) is 15.9. The summed E-state index contributed by atoms with van der Waals surface area (Å²) in [5, 5.41) is 12.0. The SMILES string of the molecule is CC[C@H]1CCCCN1C[C@@H](O)COC(c1ccc(Cl)cc1)c1ccc(Cl)cc1. The largest absolute Gasteiger partial charge is 0.389 e. The van der Waals surface area contributed by atoms with Crippen LogP contribution in [0.3, 0.4) is 0 Å². The fourth-order valence-corrected chi connectivity index (χ4v) is 4.21. The number of rotatable bonds is 8. The Bertz CT molecular complexity index is 675. The quantitative estimate of drug-likeness (QED) is 0.590. The van der Waals surface area contributed by atoms with Gasteiger partial charge in [0.15, 0.2) is 0 Å². The first kappa shape index (κ1) is 21.6. The Morgan fingerprint density at radius 1 is 1.00 bits per heavy atom. The second kappa shape index (κ2) is 10.6. The summed E-state index contributed by atoms with van der Waals surface area (Å²) >= 11 is 12.1. The van der Waals surface area contributed by atoms with E-state index in [1.54, 1.807) is 0 Å². The molecule has 1 saturated heterocycles. The monoisotopic (exact) mass is 421 g/mol. The van der Waals surface area contributed by atoms with Gasteiger partial charge in [-0.25, -0.2) is 0 Å². The molecule has 0 saturated carbocycles. The van der Waals surface area contributed by atoms with E-state index < -0.39 is 6.10 Å². The molecular formula is C23H29Cl2NO2. The number of piperidine rings is 1. The molecule has 0 radical (unpaired) electrons. The van der Waals surface area contributed by atoms with Crippen molar-refractivity contribution >= 4 is 23.2 Å². The molecule has 1 aliphatic heterocycles. The Labute approximate surface area is 178 Å². The normalized spacial score (nSPS) is 19.1. The van der Waals surface area contributed by atoms with Crippen molar-refractivity contribution < 1.29 is 9.84 Å². The van der Waals surface area contributed by atoms with Crippen LogP contribution in [0, 0.1) is 0 Å². The van der Waals surface area contributed by atoms with Crippen LogP contribution in [-0.2, 0) is 4.74 Å². The first-order chi connectivity index (χ1) is 13.6. The second-order valence-electron chi connectivity index (χ2n) is 7.52. The Morgan fingerprint density at radius 3 is 2.11 bits per heavy atom. The highest BCUT2D eigenvalue weighted by Gasteiger charge is 2.24. The molecule has 28 heavy (non-hydrogen) atoms. The van der Waals surface area contributed by atoms with Crippen molar-refractivity contribution in [3.63, 3.8) is 0 Å². The maximum absolute atomic E-state index is 10.6. The first-order valence-corrected chi connectivity index (χ1v) is 10.9. The number of nitrogens with zero attached hydrogens (tertiary/aromatic N) is 1. The van der Waals surface area contributed by atoms with Gasteiger partial charge < -0.3 is 9.84 Å². The van der Waals surface area contributed by atoms with Gasteiger partial charge in [0.05, 0.1) is 12.7 Å². The molecule has 3 nitrogen and oxygen atoms in total. The van der Waals surface area contributed by atoms with Crippen LogP contribution in [0.4, 0.5) is 0 Å². The predicted octanol–water partition coefficient (Wildman–Crippen LogP) is 5.72. The fraction of sp³-hybridized carbons (Fsp3) is 0.478. The van der Waals surface area contributed by atoms with E-state index in [-0.39, 0.29) is 12.7 Å². The van der Waals surface area contributed by atoms with E-state index in [1.165, 1.54) is 19.3 Å². The number of likely N-dealkylation sites (tertiary alicyclic amines) is 1. The third-order valence-corrected chi connectivity index (χ3v) is 5.97. The molecule has 1 fully saturated rings. The standard InChI is InChI=1S/C23H29Cl2NO2/c1-2-21-5-3-4-14-26(21)15-22(27)16-28-23(17-6-10-19(24)11-7-17)18-8-12-20(25)13-9-18/h6-13,21-23,27H,2-5,14-16H2,1H3/t21-,22+/m0/s1. The van der Waals surface area contributed by atoms with Crippen molar-refractivity contribution in [2.45, 2.75) is 50.9 Å². The lowest BCUT2D eigenvalue weighted by atomic mass is 9.99. The molecule has 152 valence electrons. The maximum Gasteiger partial charge on any atom is 0.108 e. The van der Waals surface area contributed by atoms with Crippen LogP contribution in [0.2, 0.25) is 10.0 Å². The summed E-state index contributed by atoms with van der Waals surface area (Å²) in [6.45, 7) is 4.23. The van der Waals surface area contributed by atoms with E-state index >= 15 is 0 Å². The molecule has 1 aliphatic rings. The molecule has 2 aromatic carbocycles. The van der Waals surface area contributed by atoms with Crippen molar-refractivity contribution in [2.24, 2.45) is 0 Å². The number of aliphatic hydroxyl groups is 1. The number of hydrogen-bond acceptors (Lipinski definition) is 3. The van der Waals surface area contributed by atoms with E-state index in [9.17, 15) is 5.11 Å². The minimum atomic E-state index is -0.519. The highest BCUT2D eigenvalue weighted by atomic mass is 35.5. The third kappa shape index (κ3) is 5.95. The molecule has 0 bridgehead atoms. The topological polar surface area (TPSA) is 32.7 Å². The Kier molecular flexibility index (Phi) is 8.19. The number of β-amino-alcohol motifs (C(OH)–C–C–N with tert-alkyl or cyclic N) is 1. The smallest absolute Gasteiger partial charge is 0.108 e. The summed E-state index contributed by atoms with van der Waals surface area (Å²) in [6.07, 6.45) is 4.06. The fourth-order valence-electron chi connectivity index (χ4n) is 3.95. The van der Waals surface area contributed by atoms with Gasteiger partial charge in [-0.3, -0.25) is 4.90 Å². The summed E-state index contributed by atoms with van der Waals surface area (Å²) in [7, 11) is 0. The number of aliphatic hydroxyl groups excluding tert-OH is 1. The number of hydrogen-bond donors (Lipinski definition) is 1. The van der Waals surface area contributed by atoms with Crippen LogP contribution in [0.25, 0.3) is 0 Å². The Balaban J connectivity index is 1.67. The van der Waals surface area contributed by atoms with E-state index in [0.717, 1.165) is 24.1 Å². The second-order valence-corrected chi connectivity index (χ2v) is 8.40. The average molecular weight is 422 g/mol. The van der Waals surface area contributed by atoms with Gasteiger partial charge >= 0.3 is 0 Å². The first-order valence-electron chi connectivity index (χ1n) is 10.1. The number of halogens is 2. The molecular weight excluding hydrogens is 393 g/mol. The molecule has 2 aromatic rings. The van der Waals surface area contributed by atoms with Gasteiger partial charge in [0.2, 0.25) is 0 Å². The molecule has 0 aromatic heterocycles. The minimum absolute atomic E-state index is 0.271. The highest BCUT2D eigenvalue weighted by molar-refractivity contribution is 6.30. The Morgan fingerprint density at radius 2 is 1.57 bits per heavy atom. The van der Waals surface area contributed by atoms with Gasteiger partial charge in [0, 0.05) is 22.6 Å². The van der Waals surface area contributed by atoms with Crippen molar-refractivity contribution in [1.29, 1.82) is 0 Å². The van der Waals surface area contributed by atoms with E-state index in [0.29, 0.717) is 22.6 Å². The lowest BCUT2D eigenvalue weighted by Crippen LogP contribution is -2.44. The molecule has 1 N–H and O–H groups in total. The summed E-state index contributed by atoms with van der Waals surface area (Å²) in [4.78, 5) is 2.41. The van der Waals surface area contributed by atoms with E-state index in [1.807, 2.05) is 48.5 Å². The minimum Gasteiger partial charge on any atom is -0.389 e. The Hall–Kier alpha value is -1.10. The molecule has 3 rings (SSSR count). The molecule has 0 aliphatic carbocycles. The summed E-state index contributed by atoms with van der Waals surface area (Å²) in [5.74, 6) is 0. The molecule has 2 atom stereocenters. The van der Waals surface area contributed by atoms with E-state index in [2.05, 4.69) is 11.8 Å². The van der Waals surface area contributed by atoms with Gasteiger partial charge in [0.25, 0.3) is 0 Å². The molecule has 5 heteroatoms. The zero-order chi connectivity index (χ0) is 19.9. The van der Waals surface area contributed by atoms with Crippen molar-refractivity contribution in [2.75, 3.05) is 19.7 Å². The van der Waals surface area contributed by atoms with Crippen LogP contribution in [0.15, 0.2) is 48.5 Å². The zero-order valence-electron chi connectivity index (χ0n) is 16.4. The number of ether oxygens (including phenoxy) is 1. The summed E-state index contributed by atoms with van der Waals surface area (Å²) < 4.78 is 6.20. The molecule has 0 amide bonds. The highest BCUT2D eigenvalue weighted by Crippen LogP contribution is 2.28. The average Bonchev–Trinajstić information content (AvgIpc) is 2.71. The van der Waals surface area contributed by atoms with Crippen LogP contribution in [-0.4, -0.2) is 41.8 Å². The predicted molar refractivity (Wildman–Crippen MR) is 116 cm³/mol. The maximum atomic E-state index is 10.6. The molecule has 0 unspecified atom stereocenters. The van der Waals surface area contributed by atoms with Crippen LogP contribution in [0.5, 0.6) is 0 Å². The van der Waals surface area contributed by atoms with Gasteiger partial charge in [0.1, 0.15) is 6.10 Å². The van der Waals surface area contributed by atoms with Crippen molar-refractivity contribution in [3.05, 3.63) is 69.7 Å². The van der Waals surface area contributed by atoms with Gasteiger partial charge in [-0.15, -0.1) is 0 Å². The lowest BCUT2D eigenvalue weighted by Gasteiger charge is -2.36. The number of benzene rings is 2. The van der Waals surface area contributed by atoms with Crippen LogP contribution in [0.1, 0.15) is 49.8 Å². The third-order valence-electron chi connectivity index (χ3n) is 5.47. The van der Waals surface area contributed by atoms with Gasteiger partial charge in [-0.05, 0) is 61.2 Å². The summed E-state index contributed by atoms with van der Waals surface area (Å²) in [5.41, 5.74) is 2.01. The van der Waals surface area contributed by atoms with Crippen LogP contribution >= 0.6 is 23.2 Å². The van der Waals surface area contributed by atoms with Gasteiger partial charge in [-0.2, -0.15) is 0 Å². The van der Waals surface area contributed by atoms with Crippen molar-refractivity contribution in [3.8, 4) is 0 Å². The van der Waals surface area contributed by atoms with Crippen LogP contribution < -0.4 is 0 Å². The molecule has 0 spiro atoms. The van der Waals surface area contributed by atoms with E-state index in [4.69, 9.17) is 27.9 Å². The molecule has 1 heterocycles.